The number of thioether (sulfide) groups is 1. The van der Waals surface area contributed by atoms with Gasteiger partial charge in [0.1, 0.15) is 5.75 Å². The van der Waals surface area contributed by atoms with Crippen LogP contribution in [0.15, 0.2) is 18.2 Å². The predicted molar refractivity (Wildman–Crippen MR) is 92.8 cm³/mol. The summed E-state index contributed by atoms with van der Waals surface area (Å²) in [6, 6.07) is 5.88. The predicted octanol–water partition coefficient (Wildman–Crippen LogP) is 3.45. The van der Waals surface area contributed by atoms with E-state index in [-0.39, 0.29) is 6.42 Å². The third kappa shape index (κ3) is 5.90. The van der Waals surface area contributed by atoms with Gasteiger partial charge in [0, 0.05) is 25.1 Å². The molecule has 4 nitrogen and oxygen atoms in total. The summed E-state index contributed by atoms with van der Waals surface area (Å²) < 4.78 is 5.77. The maximum atomic E-state index is 10.5. The standard InChI is InChI=1S/C17H23NO3S/c1-4-18(5-2)15-13-14(10-12-22-3)8-9-16(15)21-11-6-7-17(19)20/h8-9,13H,4-7,11H2,1-3H3,(H,19,20). The number of aliphatic carboxylic acids is 1. The van der Waals surface area contributed by atoms with Crippen molar-refractivity contribution in [3.8, 4) is 16.9 Å². The topological polar surface area (TPSA) is 49.8 Å². The lowest BCUT2D eigenvalue weighted by Crippen LogP contribution is -2.22. The molecule has 0 atom stereocenters. The molecular weight excluding hydrogens is 298 g/mol. The van der Waals surface area contributed by atoms with Crippen molar-refractivity contribution in [1.29, 1.82) is 0 Å². The fraction of sp³-hybridized carbons (Fsp3) is 0.471. The highest BCUT2D eigenvalue weighted by molar-refractivity contribution is 8.03. The Morgan fingerprint density at radius 1 is 1.36 bits per heavy atom. The van der Waals surface area contributed by atoms with Crippen LogP contribution in [0, 0.1) is 11.2 Å². The first-order valence-electron chi connectivity index (χ1n) is 7.39. The zero-order valence-electron chi connectivity index (χ0n) is 13.4. The minimum atomic E-state index is -0.796. The molecule has 0 amide bonds. The Labute approximate surface area is 136 Å². The molecule has 22 heavy (non-hydrogen) atoms. The number of rotatable bonds is 8. The van der Waals surface area contributed by atoms with Gasteiger partial charge in [0.2, 0.25) is 0 Å². The van der Waals surface area contributed by atoms with E-state index >= 15 is 0 Å². The molecule has 0 bridgehead atoms. The number of hydrogen-bond acceptors (Lipinski definition) is 4. The van der Waals surface area contributed by atoms with Crippen LogP contribution in [0.1, 0.15) is 32.3 Å². The van der Waals surface area contributed by atoms with Gasteiger partial charge < -0.3 is 14.7 Å². The quantitative estimate of drug-likeness (QED) is 0.587. The minimum absolute atomic E-state index is 0.123. The Balaban J connectivity index is 2.91. The van der Waals surface area contributed by atoms with E-state index in [0.29, 0.717) is 13.0 Å². The van der Waals surface area contributed by atoms with Crippen LogP contribution in [0.2, 0.25) is 0 Å². The fourth-order valence-electron chi connectivity index (χ4n) is 2.04. The van der Waals surface area contributed by atoms with Crippen LogP contribution in [-0.4, -0.2) is 37.0 Å². The molecule has 0 aromatic heterocycles. The molecule has 0 saturated heterocycles. The van der Waals surface area contributed by atoms with Gasteiger partial charge in [0.15, 0.2) is 0 Å². The van der Waals surface area contributed by atoms with E-state index in [0.717, 1.165) is 30.1 Å². The first-order valence-corrected chi connectivity index (χ1v) is 8.62. The molecule has 0 radical (unpaired) electrons. The van der Waals surface area contributed by atoms with Crippen LogP contribution in [-0.2, 0) is 4.79 Å². The number of carboxylic acid groups (broad SMARTS) is 1. The van der Waals surface area contributed by atoms with E-state index in [1.807, 2.05) is 24.5 Å². The molecule has 0 spiro atoms. The summed E-state index contributed by atoms with van der Waals surface area (Å²) in [6.45, 7) is 6.34. The fourth-order valence-corrected chi connectivity index (χ4v) is 2.26. The van der Waals surface area contributed by atoms with Crippen LogP contribution >= 0.6 is 11.8 Å². The summed E-state index contributed by atoms with van der Waals surface area (Å²) >= 11 is 1.48. The zero-order chi connectivity index (χ0) is 16.4. The molecule has 0 unspecified atom stereocenters. The van der Waals surface area contributed by atoms with Gasteiger partial charge in [0.25, 0.3) is 0 Å². The van der Waals surface area contributed by atoms with Crippen molar-refractivity contribution in [1.82, 2.24) is 0 Å². The summed E-state index contributed by atoms with van der Waals surface area (Å²) in [4.78, 5) is 12.7. The second kappa shape index (κ2) is 10.0. The number of carbonyl (C=O) groups is 1. The summed E-state index contributed by atoms with van der Waals surface area (Å²) in [7, 11) is 0. The molecule has 0 aliphatic heterocycles. The van der Waals surface area contributed by atoms with E-state index in [4.69, 9.17) is 9.84 Å². The second-order valence-electron chi connectivity index (χ2n) is 4.63. The lowest BCUT2D eigenvalue weighted by atomic mass is 10.1. The van der Waals surface area contributed by atoms with Crippen molar-refractivity contribution >= 4 is 23.4 Å². The van der Waals surface area contributed by atoms with Crippen molar-refractivity contribution in [3.63, 3.8) is 0 Å². The van der Waals surface area contributed by atoms with Gasteiger partial charge in [-0.1, -0.05) is 17.7 Å². The van der Waals surface area contributed by atoms with Gasteiger partial charge in [0.05, 0.1) is 12.3 Å². The SMILES string of the molecule is CCN(CC)c1cc(C#CSC)ccc1OCCCC(=O)O. The average molecular weight is 321 g/mol. The molecular formula is C17H23NO3S. The van der Waals surface area contributed by atoms with E-state index in [1.54, 1.807) is 0 Å². The first-order chi connectivity index (χ1) is 10.6. The molecule has 0 fully saturated rings. The maximum absolute atomic E-state index is 10.5. The average Bonchev–Trinajstić information content (AvgIpc) is 2.51. The Morgan fingerprint density at radius 3 is 2.68 bits per heavy atom. The summed E-state index contributed by atoms with van der Waals surface area (Å²) in [5.74, 6) is 3.09. The van der Waals surface area contributed by atoms with Crippen molar-refractivity contribution in [2.75, 3.05) is 30.9 Å². The zero-order valence-corrected chi connectivity index (χ0v) is 14.2. The van der Waals surface area contributed by atoms with Gasteiger partial charge in [-0.2, -0.15) is 0 Å². The van der Waals surface area contributed by atoms with E-state index in [9.17, 15) is 4.79 Å². The summed E-state index contributed by atoms with van der Waals surface area (Å²) in [5.41, 5.74) is 1.96. The van der Waals surface area contributed by atoms with Gasteiger partial charge in [-0.3, -0.25) is 4.79 Å². The molecule has 0 saturated carbocycles. The molecule has 1 N–H and O–H groups in total. The minimum Gasteiger partial charge on any atom is -0.491 e. The maximum Gasteiger partial charge on any atom is 0.303 e. The van der Waals surface area contributed by atoms with Crippen LogP contribution < -0.4 is 9.64 Å². The lowest BCUT2D eigenvalue weighted by molar-refractivity contribution is -0.137. The van der Waals surface area contributed by atoms with E-state index < -0.39 is 5.97 Å². The molecule has 0 aliphatic carbocycles. The highest BCUT2D eigenvalue weighted by Crippen LogP contribution is 2.29. The molecule has 1 aromatic rings. The van der Waals surface area contributed by atoms with Gasteiger partial charge >= 0.3 is 5.97 Å². The monoisotopic (exact) mass is 321 g/mol. The van der Waals surface area contributed by atoms with Crippen LogP contribution in [0.5, 0.6) is 5.75 Å². The second-order valence-corrected chi connectivity index (χ2v) is 5.24. The first kappa shape index (κ1) is 18.2. The molecule has 120 valence electrons. The third-order valence-corrected chi connectivity index (χ3v) is 3.46. The number of nitrogens with zero attached hydrogens (tertiary/aromatic N) is 1. The largest absolute Gasteiger partial charge is 0.491 e. The number of hydrogen-bond donors (Lipinski definition) is 1. The van der Waals surface area contributed by atoms with Gasteiger partial charge in [-0.25, -0.2) is 0 Å². The third-order valence-electron chi connectivity index (χ3n) is 3.15. The van der Waals surface area contributed by atoms with Crippen LogP contribution in [0.3, 0.4) is 0 Å². The smallest absolute Gasteiger partial charge is 0.303 e. The van der Waals surface area contributed by atoms with E-state index in [1.165, 1.54) is 11.8 Å². The van der Waals surface area contributed by atoms with Crippen molar-refractivity contribution < 1.29 is 14.6 Å². The van der Waals surface area contributed by atoms with E-state index in [2.05, 4.69) is 29.9 Å². The Hall–Kier alpha value is -1.80. The molecule has 1 aromatic carbocycles. The number of benzene rings is 1. The highest BCUT2D eigenvalue weighted by Gasteiger charge is 2.10. The number of carboxylic acids is 1. The normalized spacial score (nSPS) is 9.77. The highest BCUT2D eigenvalue weighted by atomic mass is 32.2. The Kier molecular flexibility index (Phi) is 8.31. The van der Waals surface area contributed by atoms with Gasteiger partial charge in [-0.15, -0.1) is 0 Å². The van der Waals surface area contributed by atoms with Crippen molar-refractivity contribution in [2.24, 2.45) is 0 Å². The lowest BCUT2D eigenvalue weighted by Gasteiger charge is -2.24. The van der Waals surface area contributed by atoms with Crippen LogP contribution in [0.4, 0.5) is 5.69 Å². The van der Waals surface area contributed by atoms with Crippen molar-refractivity contribution in [2.45, 2.75) is 26.7 Å². The molecule has 5 heteroatoms. The Bertz CT molecular complexity index is 545. The summed E-state index contributed by atoms with van der Waals surface area (Å²) in [5, 5.41) is 11.7. The van der Waals surface area contributed by atoms with Gasteiger partial charge in [-0.05, 0) is 50.0 Å². The molecule has 0 aliphatic rings. The number of anilines is 1. The molecule has 1 rings (SSSR count). The van der Waals surface area contributed by atoms with Crippen molar-refractivity contribution in [3.05, 3.63) is 23.8 Å². The summed E-state index contributed by atoms with van der Waals surface area (Å²) in [6.07, 6.45) is 2.57. The molecule has 0 heterocycles. The Morgan fingerprint density at radius 2 is 2.09 bits per heavy atom. The number of ether oxygens (including phenoxy) is 1. The van der Waals surface area contributed by atoms with Crippen LogP contribution in [0.25, 0.3) is 0 Å².